The Morgan fingerprint density at radius 3 is 2.88 bits per heavy atom. The van der Waals surface area contributed by atoms with Crippen LogP contribution < -0.4 is 5.32 Å². The molecule has 0 aliphatic carbocycles. The SMILES string of the molecule is CSCCC(=O)Nc1cncc(C(=O)O)c1. The molecule has 0 aliphatic heterocycles. The molecule has 1 aromatic rings. The van der Waals surface area contributed by atoms with Gasteiger partial charge in [-0.2, -0.15) is 11.8 Å². The predicted molar refractivity (Wildman–Crippen MR) is 62.8 cm³/mol. The largest absolute Gasteiger partial charge is 0.478 e. The summed E-state index contributed by atoms with van der Waals surface area (Å²) in [5.41, 5.74) is 0.466. The Bertz CT molecular complexity index is 395. The number of hydrogen-bond donors (Lipinski definition) is 2. The second-order valence-corrected chi connectivity index (χ2v) is 4.04. The van der Waals surface area contributed by atoms with E-state index in [1.54, 1.807) is 11.8 Å². The monoisotopic (exact) mass is 240 g/mol. The molecule has 0 spiro atoms. The molecule has 0 unspecified atom stereocenters. The van der Waals surface area contributed by atoms with Crippen molar-refractivity contribution in [1.82, 2.24) is 4.98 Å². The summed E-state index contributed by atoms with van der Waals surface area (Å²) in [5.74, 6) is -0.468. The summed E-state index contributed by atoms with van der Waals surface area (Å²) in [6, 6.07) is 1.38. The second-order valence-electron chi connectivity index (χ2n) is 3.06. The third kappa shape index (κ3) is 3.90. The molecule has 0 saturated heterocycles. The fraction of sp³-hybridized carbons (Fsp3) is 0.300. The van der Waals surface area contributed by atoms with Crippen LogP contribution in [0.3, 0.4) is 0 Å². The van der Waals surface area contributed by atoms with Crippen molar-refractivity contribution in [3.63, 3.8) is 0 Å². The van der Waals surface area contributed by atoms with Crippen molar-refractivity contribution in [2.24, 2.45) is 0 Å². The summed E-state index contributed by atoms with van der Waals surface area (Å²) < 4.78 is 0. The van der Waals surface area contributed by atoms with Gasteiger partial charge in [0.1, 0.15) is 0 Å². The molecule has 1 aromatic heterocycles. The van der Waals surface area contributed by atoms with Crippen molar-refractivity contribution in [2.75, 3.05) is 17.3 Å². The van der Waals surface area contributed by atoms with E-state index in [4.69, 9.17) is 5.11 Å². The Kier molecular flexibility index (Phi) is 4.78. The minimum Gasteiger partial charge on any atom is -0.478 e. The van der Waals surface area contributed by atoms with E-state index < -0.39 is 5.97 Å². The summed E-state index contributed by atoms with van der Waals surface area (Å²) in [5, 5.41) is 11.3. The third-order valence-electron chi connectivity index (χ3n) is 1.80. The van der Waals surface area contributed by atoms with Gasteiger partial charge in [0.15, 0.2) is 0 Å². The van der Waals surface area contributed by atoms with Crippen molar-refractivity contribution in [3.05, 3.63) is 24.0 Å². The van der Waals surface area contributed by atoms with E-state index in [-0.39, 0.29) is 11.5 Å². The van der Waals surface area contributed by atoms with Crippen LogP contribution >= 0.6 is 11.8 Å². The maximum atomic E-state index is 11.4. The first-order valence-electron chi connectivity index (χ1n) is 4.60. The summed E-state index contributed by atoms with van der Waals surface area (Å²) in [7, 11) is 0. The average molecular weight is 240 g/mol. The van der Waals surface area contributed by atoms with Gasteiger partial charge in [-0.15, -0.1) is 0 Å². The number of aromatic nitrogens is 1. The van der Waals surface area contributed by atoms with Crippen LogP contribution in [0.15, 0.2) is 18.5 Å². The number of nitrogens with zero attached hydrogens (tertiary/aromatic N) is 1. The highest BCUT2D eigenvalue weighted by Gasteiger charge is 2.06. The summed E-state index contributed by atoms with van der Waals surface area (Å²) in [6.07, 6.45) is 4.97. The highest BCUT2D eigenvalue weighted by atomic mass is 32.2. The molecule has 5 nitrogen and oxygen atoms in total. The van der Waals surface area contributed by atoms with E-state index >= 15 is 0 Å². The molecule has 1 heterocycles. The van der Waals surface area contributed by atoms with Crippen LogP contribution in [0.4, 0.5) is 5.69 Å². The molecule has 0 saturated carbocycles. The lowest BCUT2D eigenvalue weighted by atomic mass is 10.2. The van der Waals surface area contributed by atoms with E-state index in [1.807, 2.05) is 6.26 Å². The number of aromatic carboxylic acids is 1. The first-order valence-corrected chi connectivity index (χ1v) is 6.00. The van der Waals surface area contributed by atoms with Crippen molar-refractivity contribution in [3.8, 4) is 0 Å². The zero-order valence-electron chi connectivity index (χ0n) is 8.77. The van der Waals surface area contributed by atoms with Gasteiger partial charge in [-0.05, 0) is 12.3 Å². The Hall–Kier alpha value is -1.56. The number of carboxylic acid groups (broad SMARTS) is 1. The van der Waals surface area contributed by atoms with E-state index in [9.17, 15) is 9.59 Å². The summed E-state index contributed by atoms with van der Waals surface area (Å²) in [4.78, 5) is 25.7. The molecule has 0 bridgehead atoms. The molecular weight excluding hydrogens is 228 g/mol. The number of carbonyl (C=O) groups excluding carboxylic acids is 1. The minimum absolute atomic E-state index is 0.0580. The van der Waals surface area contributed by atoms with Gasteiger partial charge in [-0.1, -0.05) is 0 Å². The van der Waals surface area contributed by atoms with Crippen LogP contribution in [0.25, 0.3) is 0 Å². The number of pyridine rings is 1. The Balaban J connectivity index is 2.63. The zero-order chi connectivity index (χ0) is 12.0. The van der Waals surface area contributed by atoms with Crippen molar-refractivity contribution in [1.29, 1.82) is 0 Å². The molecule has 1 amide bonds. The van der Waals surface area contributed by atoms with Crippen LogP contribution in [-0.4, -0.2) is 34.0 Å². The number of amides is 1. The smallest absolute Gasteiger partial charge is 0.337 e. The standard InChI is InChI=1S/C10H12N2O3S/c1-16-3-2-9(13)12-8-4-7(10(14)15)5-11-6-8/h4-6H,2-3H2,1H3,(H,12,13)(H,14,15). The first kappa shape index (κ1) is 12.5. The molecule has 0 aliphatic rings. The van der Waals surface area contributed by atoms with Crippen LogP contribution in [0, 0.1) is 0 Å². The topological polar surface area (TPSA) is 79.3 Å². The Morgan fingerprint density at radius 2 is 2.25 bits per heavy atom. The van der Waals surface area contributed by atoms with Crippen LogP contribution in [0.2, 0.25) is 0 Å². The fourth-order valence-electron chi connectivity index (χ4n) is 1.04. The molecule has 0 radical (unpaired) electrons. The Labute approximate surface area is 97.3 Å². The van der Waals surface area contributed by atoms with Crippen molar-refractivity contribution >= 4 is 29.3 Å². The van der Waals surface area contributed by atoms with Gasteiger partial charge < -0.3 is 10.4 Å². The number of thioether (sulfide) groups is 1. The fourth-order valence-corrected chi connectivity index (χ4v) is 1.43. The van der Waals surface area contributed by atoms with E-state index in [0.29, 0.717) is 12.1 Å². The van der Waals surface area contributed by atoms with E-state index in [1.165, 1.54) is 18.5 Å². The number of anilines is 1. The summed E-state index contributed by atoms with van der Waals surface area (Å²) in [6.45, 7) is 0. The van der Waals surface area contributed by atoms with E-state index in [2.05, 4.69) is 10.3 Å². The lowest BCUT2D eigenvalue weighted by Gasteiger charge is -2.04. The highest BCUT2D eigenvalue weighted by Crippen LogP contribution is 2.09. The minimum atomic E-state index is -1.06. The van der Waals surface area contributed by atoms with Crippen molar-refractivity contribution < 1.29 is 14.7 Å². The average Bonchev–Trinajstić information content (AvgIpc) is 2.26. The van der Waals surface area contributed by atoms with Gasteiger partial charge in [-0.25, -0.2) is 4.79 Å². The third-order valence-corrected chi connectivity index (χ3v) is 2.41. The maximum Gasteiger partial charge on any atom is 0.337 e. The highest BCUT2D eigenvalue weighted by molar-refractivity contribution is 7.98. The molecule has 6 heteroatoms. The first-order chi connectivity index (χ1) is 7.63. The summed E-state index contributed by atoms with van der Waals surface area (Å²) >= 11 is 1.58. The second kappa shape index (κ2) is 6.12. The Morgan fingerprint density at radius 1 is 1.50 bits per heavy atom. The lowest BCUT2D eigenvalue weighted by Crippen LogP contribution is -2.13. The van der Waals surface area contributed by atoms with Gasteiger partial charge >= 0.3 is 5.97 Å². The maximum absolute atomic E-state index is 11.4. The number of nitrogens with one attached hydrogen (secondary N) is 1. The molecule has 0 fully saturated rings. The number of rotatable bonds is 5. The molecule has 1 rings (SSSR count). The quantitative estimate of drug-likeness (QED) is 0.814. The van der Waals surface area contributed by atoms with Gasteiger partial charge in [-0.3, -0.25) is 9.78 Å². The lowest BCUT2D eigenvalue weighted by molar-refractivity contribution is -0.115. The number of carbonyl (C=O) groups is 2. The molecule has 16 heavy (non-hydrogen) atoms. The molecule has 0 atom stereocenters. The number of hydrogen-bond acceptors (Lipinski definition) is 4. The van der Waals surface area contributed by atoms with Gasteiger partial charge in [0, 0.05) is 18.4 Å². The van der Waals surface area contributed by atoms with Crippen molar-refractivity contribution in [2.45, 2.75) is 6.42 Å². The molecular formula is C10H12N2O3S. The van der Waals surface area contributed by atoms with Crippen LogP contribution in [-0.2, 0) is 4.79 Å². The predicted octanol–water partition coefficient (Wildman–Crippen LogP) is 1.47. The van der Waals surface area contributed by atoms with Gasteiger partial charge in [0.25, 0.3) is 0 Å². The van der Waals surface area contributed by atoms with E-state index in [0.717, 1.165) is 5.75 Å². The number of carboxylic acids is 1. The molecule has 0 aromatic carbocycles. The van der Waals surface area contributed by atoms with Crippen LogP contribution in [0.1, 0.15) is 16.8 Å². The van der Waals surface area contributed by atoms with Crippen LogP contribution in [0.5, 0.6) is 0 Å². The molecule has 2 N–H and O–H groups in total. The normalized spacial score (nSPS) is 9.81. The van der Waals surface area contributed by atoms with Gasteiger partial charge in [0.2, 0.25) is 5.91 Å². The van der Waals surface area contributed by atoms with Gasteiger partial charge in [0.05, 0.1) is 17.4 Å². The molecule has 86 valence electrons. The zero-order valence-corrected chi connectivity index (χ0v) is 9.58.